The Kier molecular flexibility index (Phi) is 9.93. The van der Waals surface area contributed by atoms with Crippen molar-refractivity contribution in [1.29, 1.82) is 0 Å². The van der Waals surface area contributed by atoms with Crippen molar-refractivity contribution in [2.75, 3.05) is 32.5 Å². The molecule has 15 heavy (non-hydrogen) atoms. The Morgan fingerprint density at radius 1 is 0.800 bits per heavy atom. The van der Waals surface area contributed by atoms with Gasteiger partial charge in [-0.1, -0.05) is 42.1 Å². The monoisotopic (exact) mass is 278 g/mol. The van der Waals surface area contributed by atoms with Crippen molar-refractivity contribution in [3.63, 3.8) is 0 Å². The van der Waals surface area contributed by atoms with Gasteiger partial charge in [0.2, 0.25) is 0 Å². The van der Waals surface area contributed by atoms with E-state index in [1.54, 1.807) is 0 Å². The van der Waals surface area contributed by atoms with Crippen molar-refractivity contribution in [2.45, 2.75) is 51.9 Å². The molecule has 0 heterocycles. The Morgan fingerprint density at radius 2 is 1.33 bits per heavy atom. The van der Waals surface area contributed by atoms with E-state index in [4.69, 9.17) is 0 Å². The molecule has 0 saturated carbocycles. The van der Waals surface area contributed by atoms with Crippen LogP contribution in [0.3, 0.4) is 0 Å². The lowest BCUT2D eigenvalue weighted by Crippen LogP contribution is -2.41. The molecule has 0 aliphatic carbocycles. The Hall–Kier alpha value is 0.440. The maximum absolute atomic E-state index is 3.49. The van der Waals surface area contributed by atoms with E-state index < -0.39 is 0 Å². The second-order valence-corrected chi connectivity index (χ2v) is 5.99. The van der Waals surface area contributed by atoms with Crippen molar-refractivity contribution < 1.29 is 4.48 Å². The lowest BCUT2D eigenvalue weighted by atomic mass is 10.1. The van der Waals surface area contributed by atoms with Gasteiger partial charge in [0.25, 0.3) is 0 Å². The van der Waals surface area contributed by atoms with Crippen LogP contribution in [0.25, 0.3) is 0 Å². The molecule has 0 bridgehead atoms. The second kappa shape index (κ2) is 9.65. The number of hydrogen-bond acceptors (Lipinski definition) is 0. The van der Waals surface area contributed by atoms with Crippen molar-refractivity contribution in [1.82, 2.24) is 0 Å². The molecule has 92 valence electrons. The summed E-state index contributed by atoms with van der Waals surface area (Å²) in [4.78, 5) is 0. The number of hydrogen-bond donors (Lipinski definition) is 0. The Labute approximate surface area is 105 Å². The van der Waals surface area contributed by atoms with Gasteiger partial charge in [0.05, 0.1) is 27.2 Å². The minimum Gasteiger partial charge on any atom is -0.328 e. The molecule has 0 saturated heterocycles. The van der Waals surface area contributed by atoms with Crippen LogP contribution in [-0.2, 0) is 0 Å². The predicted octanol–water partition coefficient (Wildman–Crippen LogP) is 4.21. The smallest absolute Gasteiger partial charge is 0.0782 e. The largest absolute Gasteiger partial charge is 0.328 e. The summed E-state index contributed by atoms with van der Waals surface area (Å²) in [6.45, 7) is 4.96. The van der Waals surface area contributed by atoms with Gasteiger partial charge < -0.3 is 4.48 Å². The van der Waals surface area contributed by atoms with Gasteiger partial charge in [0, 0.05) is 5.33 Å². The fourth-order valence-corrected chi connectivity index (χ4v) is 2.29. The first-order chi connectivity index (χ1) is 7.12. The van der Waals surface area contributed by atoms with Crippen LogP contribution in [0.4, 0.5) is 0 Å². The fourth-order valence-electron chi connectivity index (χ4n) is 1.89. The number of alkyl halides is 1. The molecule has 0 aromatic heterocycles. The first-order valence-electron chi connectivity index (χ1n) is 6.50. The highest BCUT2D eigenvalue weighted by atomic mass is 79.9. The molecule has 0 amide bonds. The fraction of sp³-hybridized carbons (Fsp3) is 1.00. The van der Waals surface area contributed by atoms with E-state index in [9.17, 15) is 0 Å². The zero-order chi connectivity index (χ0) is 11.6. The summed E-state index contributed by atoms with van der Waals surface area (Å²) < 4.78 is 1.21. The Bertz CT molecular complexity index is 134. The van der Waals surface area contributed by atoms with Gasteiger partial charge in [-0.15, -0.1) is 0 Å². The zero-order valence-electron chi connectivity index (χ0n) is 10.9. The van der Waals surface area contributed by atoms with E-state index in [2.05, 4.69) is 36.9 Å². The lowest BCUT2D eigenvalue weighted by molar-refractivity contribution is -0.890. The average Bonchev–Trinajstić information content (AvgIpc) is 2.17. The minimum atomic E-state index is 1.16. The van der Waals surface area contributed by atoms with Gasteiger partial charge in [0.1, 0.15) is 0 Å². The lowest BCUT2D eigenvalue weighted by Gasteiger charge is -2.29. The van der Waals surface area contributed by atoms with Crippen molar-refractivity contribution >= 4 is 15.9 Å². The van der Waals surface area contributed by atoms with E-state index in [1.807, 2.05) is 0 Å². The molecule has 1 nitrogen and oxygen atoms in total. The van der Waals surface area contributed by atoms with E-state index in [-0.39, 0.29) is 0 Å². The molecule has 0 spiro atoms. The average molecular weight is 279 g/mol. The highest BCUT2D eigenvalue weighted by Gasteiger charge is 2.13. The number of quaternary nitrogens is 1. The molecular formula is C13H29BrN+. The number of nitrogens with zero attached hydrogens (tertiary/aromatic N) is 1. The second-order valence-electron chi connectivity index (χ2n) is 5.19. The maximum Gasteiger partial charge on any atom is 0.0782 e. The van der Waals surface area contributed by atoms with E-state index >= 15 is 0 Å². The van der Waals surface area contributed by atoms with Gasteiger partial charge >= 0.3 is 0 Å². The molecule has 2 heteroatoms. The molecule has 0 unspecified atom stereocenters. The summed E-state index contributed by atoms with van der Waals surface area (Å²) in [5, 5.41) is 1.16. The van der Waals surface area contributed by atoms with E-state index in [0.29, 0.717) is 0 Å². The van der Waals surface area contributed by atoms with Crippen LogP contribution in [0.2, 0.25) is 0 Å². The highest BCUT2D eigenvalue weighted by Crippen LogP contribution is 2.08. The molecule has 0 aromatic rings. The van der Waals surface area contributed by atoms with Crippen LogP contribution in [0.15, 0.2) is 0 Å². The molecule has 0 radical (unpaired) electrons. The molecule has 0 rings (SSSR count). The van der Waals surface area contributed by atoms with Gasteiger partial charge in [0.15, 0.2) is 0 Å². The Morgan fingerprint density at radius 3 is 1.87 bits per heavy atom. The topological polar surface area (TPSA) is 0 Å². The molecule has 0 aliphatic rings. The third-order valence-corrected chi connectivity index (χ3v) is 3.57. The van der Waals surface area contributed by atoms with Crippen LogP contribution in [0.5, 0.6) is 0 Å². The van der Waals surface area contributed by atoms with Crippen LogP contribution in [0, 0.1) is 0 Å². The number of unbranched alkanes of at least 4 members (excludes halogenated alkanes) is 5. The predicted molar refractivity (Wildman–Crippen MR) is 73.6 cm³/mol. The van der Waals surface area contributed by atoms with Crippen LogP contribution in [-0.4, -0.2) is 37.0 Å². The number of rotatable bonds is 10. The van der Waals surface area contributed by atoms with Crippen molar-refractivity contribution in [2.24, 2.45) is 0 Å². The summed E-state index contributed by atoms with van der Waals surface area (Å²) in [5.74, 6) is 0. The quantitative estimate of drug-likeness (QED) is 0.319. The molecule has 0 aromatic carbocycles. The Balaban J connectivity index is 3.38. The van der Waals surface area contributed by atoms with Crippen LogP contribution in [0.1, 0.15) is 51.9 Å². The van der Waals surface area contributed by atoms with Crippen LogP contribution < -0.4 is 0 Å². The molecular weight excluding hydrogens is 250 g/mol. The molecule has 0 fully saturated rings. The van der Waals surface area contributed by atoms with Gasteiger partial charge in [-0.25, -0.2) is 0 Å². The highest BCUT2D eigenvalue weighted by molar-refractivity contribution is 9.09. The van der Waals surface area contributed by atoms with Crippen LogP contribution >= 0.6 is 15.9 Å². The van der Waals surface area contributed by atoms with E-state index in [1.165, 1.54) is 62.5 Å². The summed E-state index contributed by atoms with van der Waals surface area (Å²) in [6, 6.07) is 0. The third-order valence-electron chi connectivity index (χ3n) is 3.01. The summed E-state index contributed by atoms with van der Waals surface area (Å²) in [5.41, 5.74) is 0. The minimum absolute atomic E-state index is 1.16. The third kappa shape index (κ3) is 10.7. The van der Waals surface area contributed by atoms with Gasteiger partial charge in [-0.2, -0.15) is 0 Å². The SMILES string of the molecule is CCCCCCC[N+](C)(C)CCCCBr. The first kappa shape index (κ1) is 15.4. The number of halogens is 1. The van der Waals surface area contributed by atoms with E-state index in [0.717, 1.165) is 5.33 Å². The molecule has 0 aliphatic heterocycles. The summed E-state index contributed by atoms with van der Waals surface area (Å²) in [7, 11) is 4.74. The summed E-state index contributed by atoms with van der Waals surface area (Å²) >= 11 is 3.49. The van der Waals surface area contributed by atoms with Gasteiger partial charge in [-0.3, -0.25) is 0 Å². The van der Waals surface area contributed by atoms with Crippen molar-refractivity contribution in [3.05, 3.63) is 0 Å². The van der Waals surface area contributed by atoms with Gasteiger partial charge in [-0.05, 0) is 25.7 Å². The zero-order valence-corrected chi connectivity index (χ0v) is 12.5. The maximum atomic E-state index is 3.49. The van der Waals surface area contributed by atoms with Crippen molar-refractivity contribution in [3.8, 4) is 0 Å². The normalized spacial score (nSPS) is 12.0. The standard InChI is InChI=1S/C13H29BrN/c1-4-5-6-7-9-12-15(2,3)13-10-8-11-14/h4-13H2,1-3H3/q+1. The summed E-state index contributed by atoms with van der Waals surface area (Å²) in [6.07, 6.45) is 9.69. The first-order valence-corrected chi connectivity index (χ1v) is 7.62. The molecule has 0 N–H and O–H groups in total. The molecule has 0 atom stereocenters.